The first kappa shape index (κ1) is 6.47. The van der Waals surface area contributed by atoms with E-state index in [9.17, 15) is 0 Å². The van der Waals surface area contributed by atoms with Gasteiger partial charge in [0.25, 0.3) is 0 Å². The average molecular weight is 151 g/mol. The third-order valence-corrected chi connectivity index (χ3v) is 4.36. The number of nitrogens with two attached hydrogens (primary N) is 1. The standard InChI is InChI=1S/C10H17N/c11-9-2-1-6-3-7-4-8(5-9)10(6)7/h6-10H,1-5,11H2. The van der Waals surface area contributed by atoms with E-state index in [2.05, 4.69) is 0 Å². The summed E-state index contributed by atoms with van der Waals surface area (Å²) < 4.78 is 0. The second-order valence-corrected chi connectivity index (χ2v) is 4.90. The van der Waals surface area contributed by atoms with Crippen molar-refractivity contribution in [1.29, 1.82) is 0 Å². The van der Waals surface area contributed by atoms with Gasteiger partial charge in [0.1, 0.15) is 0 Å². The molecule has 5 unspecified atom stereocenters. The molecule has 11 heavy (non-hydrogen) atoms. The topological polar surface area (TPSA) is 26.0 Å². The van der Waals surface area contributed by atoms with E-state index in [1.807, 2.05) is 0 Å². The Bertz CT molecular complexity index is 178. The van der Waals surface area contributed by atoms with Crippen LogP contribution in [0, 0.1) is 23.7 Å². The Morgan fingerprint density at radius 2 is 1.55 bits per heavy atom. The lowest BCUT2D eigenvalue weighted by Gasteiger charge is -2.58. The smallest absolute Gasteiger partial charge is 0.00416 e. The highest BCUT2D eigenvalue weighted by Crippen LogP contribution is 2.61. The second kappa shape index (κ2) is 2.01. The molecule has 0 aromatic rings. The largest absolute Gasteiger partial charge is 0.328 e. The molecule has 0 radical (unpaired) electrons. The van der Waals surface area contributed by atoms with Gasteiger partial charge < -0.3 is 5.73 Å². The van der Waals surface area contributed by atoms with E-state index in [-0.39, 0.29) is 0 Å². The van der Waals surface area contributed by atoms with Gasteiger partial charge in [-0.3, -0.25) is 0 Å². The summed E-state index contributed by atoms with van der Waals surface area (Å²) >= 11 is 0. The average Bonchev–Trinajstić information content (AvgIpc) is 2.05. The molecule has 0 heterocycles. The predicted molar refractivity (Wildman–Crippen MR) is 45.0 cm³/mol. The highest BCUT2D eigenvalue weighted by Gasteiger charge is 2.54. The normalized spacial score (nSPS) is 60.3. The molecule has 62 valence electrons. The summed E-state index contributed by atoms with van der Waals surface area (Å²) in [7, 11) is 0. The molecule has 0 amide bonds. The molecule has 0 saturated heterocycles. The lowest BCUT2D eigenvalue weighted by molar-refractivity contribution is -0.0859. The van der Waals surface area contributed by atoms with Crippen LogP contribution in [0.5, 0.6) is 0 Å². The van der Waals surface area contributed by atoms with Crippen LogP contribution in [0.25, 0.3) is 0 Å². The molecule has 1 nitrogen and oxygen atoms in total. The van der Waals surface area contributed by atoms with Gasteiger partial charge in [0, 0.05) is 6.04 Å². The van der Waals surface area contributed by atoms with Crippen LogP contribution in [0.4, 0.5) is 0 Å². The van der Waals surface area contributed by atoms with Crippen molar-refractivity contribution in [2.45, 2.75) is 38.1 Å². The van der Waals surface area contributed by atoms with Gasteiger partial charge in [-0.25, -0.2) is 0 Å². The SMILES string of the molecule is NC1CCC2CC3CC(C1)C23. The van der Waals surface area contributed by atoms with Gasteiger partial charge in [-0.2, -0.15) is 0 Å². The van der Waals surface area contributed by atoms with Crippen LogP contribution >= 0.6 is 0 Å². The summed E-state index contributed by atoms with van der Waals surface area (Å²) in [4.78, 5) is 0. The summed E-state index contributed by atoms with van der Waals surface area (Å²) in [6.07, 6.45) is 7.17. The Hall–Kier alpha value is -0.0400. The van der Waals surface area contributed by atoms with Crippen LogP contribution in [0.1, 0.15) is 32.1 Å². The van der Waals surface area contributed by atoms with E-state index in [4.69, 9.17) is 5.73 Å². The van der Waals surface area contributed by atoms with Gasteiger partial charge in [0.2, 0.25) is 0 Å². The lowest BCUT2D eigenvalue weighted by Crippen LogP contribution is -2.50. The van der Waals surface area contributed by atoms with Crippen molar-refractivity contribution in [3.8, 4) is 0 Å². The molecule has 0 aromatic carbocycles. The minimum Gasteiger partial charge on any atom is -0.328 e. The van der Waals surface area contributed by atoms with Crippen molar-refractivity contribution in [3.05, 3.63) is 0 Å². The zero-order valence-corrected chi connectivity index (χ0v) is 7.00. The molecule has 0 aromatic heterocycles. The molecule has 2 N–H and O–H groups in total. The number of rotatable bonds is 0. The van der Waals surface area contributed by atoms with Crippen molar-refractivity contribution in [2.24, 2.45) is 29.4 Å². The number of hydrogen-bond donors (Lipinski definition) is 1. The van der Waals surface area contributed by atoms with Gasteiger partial charge in [-0.05, 0) is 55.8 Å². The fourth-order valence-electron chi connectivity index (χ4n) is 3.76. The van der Waals surface area contributed by atoms with Crippen LogP contribution in [0.2, 0.25) is 0 Å². The first-order valence-electron chi connectivity index (χ1n) is 5.10. The fourth-order valence-corrected chi connectivity index (χ4v) is 3.76. The van der Waals surface area contributed by atoms with E-state index in [0.717, 1.165) is 23.7 Å². The molecular weight excluding hydrogens is 134 g/mol. The molecular formula is C10H17N. The van der Waals surface area contributed by atoms with E-state index in [1.54, 1.807) is 6.42 Å². The molecule has 3 rings (SSSR count). The molecule has 0 spiro atoms. The Balaban J connectivity index is 1.77. The maximum absolute atomic E-state index is 6.00. The van der Waals surface area contributed by atoms with Crippen molar-refractivity contribution in [1.82, 2.24) is 0 Å². The van der Waals surface area contributed by atoms with Crippen LogP contribution in [0.3, 0.4) is 0 Å². The molecule has 0 bridgehead atoms. The van der Waals surface area contributed by atoms with E-state index >= 15 is 0 Å². The highest BCUT2D eigenvalue weighted by molar-refractivity contribution is 5.04. The van der Waals surface area contributed by atoms with E-state index in [1.165, 1.54) is 25.7 Å². The zero-order chi connectivity index (χ0) is 7.42. The summed E-state index contributed by atoms with van der Waals surface area (Å²) in [6.45, 7) is 0. The Labute approximate surface area is 68.3 Å². The molecule has 3 saturated carbocycles. The van der Waals surface area contributed by atoms with Gasteiger partial charge >= 0.3 is 0 Å². The molecule has 3 aliphatic rings. The third kappa shape index (κ3) is 0.752. The maximum atomic E-state index is 6.00. The minimum atomic E-state index is 0.548. The Morgan fingerprint density at radius 3 is 2.36 bits per heavy atom. The van der Waals surface area contributed by atoms with E-state index < -0.39 is 0 Å². The van der Waals surface area contributed by atoms with Crippen molar-refractivity contribution in [2.75, 3.05) is 0 Å². The molecule has 0 aliphatic heterocycles. The van der Waals surface area contributed by atoms with E-state index in [0.29, 0.717) is 6.04 Å². The van der Waals surface area contributed by atoms with Crippen molar-refractivity contribution < 1.29 is 0 Å². The minimum absolute atomic E-state index is 0.548. The highest BCUT2D eigenvalue weighted by atomic mass is 14.7. The third-order valence-electron chi connectivity index (χ3n) is 4.36. The van der Waals surface area contributed by atoms with Gasteiger partial charge in [-0.15, -0.1) is 0 Å². The summed E-state index contributed by atoms with van der Waals surface area (Å²) in [5, 5.41) is 0. The van der Waals surface area contributed by atoms with Gasteiger partial charge in [0.15, 0.2) is 0 Å². The lowest BCUT2D eigenvalue weighted by atomic mass is 9.47. The van der Waals surface area contributed by atoms with Crippen LogP contribution in [-0.2, 0) is 0 Å². The summed E-state index contributed by atoms with van der Waals surface area (Å²) in [5.74, 6) is 4.45. The molecule has 5 atom stereocenters. The molecule has 3 aliphatic carbocycles. The van der Waals surface area contributed by atoms with Crippen LogP contribution in [-0.4, -0.2) is 6.04 Å². The van der Waals surface area contributed by atoms with Crippen LogP contribution < -0.4 is 5.73 Å². The fraction of sp³-hybridized carbons (Fsp3) is 1.00. The van der Waals surface area contributed by atoms with Crippen LogP contribution in [0.15, 0.2) is 0 Å². The summed E-state index contributed by atoms with van der Waals surface area (Å²) in [5.41, 5.74) is 6.00. The van der Waals surface area contributed by atoms with Crippen molar-refractivity contribution in [3.63, 3.8) is 0 Å². The molecule has 3 fully saturated rings. The quantitative estimate of drug-likeness (QED) is 0.561. The number of hydrogen-bond acceptors (Lipinski definition) is 1. The summed E-state index contributed by atoms with van der Waals surface area (Å²) in [6, 6.07) is 0.548. The Kier molecular flexibility index (Phi) is 1.18. The molecule has 1 heteroatoms. The predicted octanol–water partition coefficient (Wildman–Crippen LogP) is 1.77. The van der Waals surface area contributed by atoms with Gasteiger partial charge in [-0.1, -0.05) is 0 Å². The zero-order valence-electron chi connectivity index (χ0n) is 7.00. The Morgan fingerprint density at radius 1 is 0.818 bits per heavy atom. The maximum Gasteiger partial charge on any atom is 0.00416 e. The first-order valence-corrected chi connectivity index (χ1v) is 5.10. The monoisotopic (exact) mass is 151 g/mol. The second-order valence-electron chi connectivity index (χ2n) is 4.90. The van der Waals surface area contributed by atoms with Gasteiger partial charge in [0.05, 0.1) is 0 Å². The first-order chi connectivity index (χ1) is 5.34. The van der Waals surface area contributed by atoms with Crippen molar-refractivity contribution >= 4 is 0 Å².